The molecule has 6 nitrogen and oxygen atoms in total. The van der Waals surface area contributed by atoms with Crippen LogP contribution in [-0.2, 0) is 16.1 Å². The first kappa shape index (κ1) is 20.2. The Kier molecular flexibility index (Phi) is 8.96. The lowest BCUT2D eigenvalue weighted by molar-refractivity contribution is -0.122. The zero-order valence-corrected chi connectivity index (χ0v) is 15.5. The largest absolute Gasteiger partial charge is 0.445 e. The van der Waals surface area contributed by atoms with Gasteiger partial charge in [0.1, 0.15) is 6.61 Å². The van der Waals surface area contributed by atoms with Crippen LogP contribution in [0.3, 0.4) is 0 Å². The van der Waals surface area contributed by atoms with E-state index >= 15 is 0 Å². The fraction of sp³-hybridized carbons (Fsp3) is 0.600. The van der Waals surface area contributed by atoms with Crippen LogP contribution in [0.25, 0.3) is 0 Å². The second kappa shape index (κ2) is 11.5. The first-order chi connectivity index (χ1) is 12.7. The molecule has 1 aliphatic rings. The van der Waals surface area contributed by atoms with Gasteiger partial charge in [-0.15, -0.1) is 0 Å². The quantitative estimate of drug-likeness (QED) is 0.848. The molecule has 144 valence electrons. The van der Waals surface area contributed by atoms with E-state index in [4.69, 9.17) is 10.5 Å². The Morgan fingerprint density at radius 1 is 1.08 bits per heavy atom. The summed E-state index contributed by atoms with van der Waals surface area (Å²) >= 11 is 0. The fourth-order valence-electron chi connectivity index (χ4n) is 3.03. The second-order valence-electron chi connectivity index (χ2n) is 6.83. The van der Waals surface area contributed by atoms with E-state index in [2.05, 4.69) is 5.32 Å². The molecule has 2 rings (SSSR count). The van der Waals surface area contributed by atoms with Crippen LogP contribution in [0.5, 0.6) is 0 Å². The minimum Gasteiger partial charge on any atom is -0.445 e. The van der Waals surface area contributed by atoms with Crippen LogP contribution < -0.4 is 11.1 Å². The molecule has 3 N–H and O–H groups in total. The van der Waals surface area contributed by atoms with Crippen LogP contribution in [-0.4, -0.2) is 42.6 Å². The molecule has 0 aliphatic carbocycles. The molecule has 1 aromatic rings. The molecule has 1 saturated heterocycles. The molecule has 1 aliphatic heterocycles. The van der Waals surface area contributed by atoms with Crippen molar-refractivity contribution in [3.8, 4) is 0 Å². The summed E-state index contributed by atoms with van der Waals surface area (Å²) in [6.07, 6.45) is 5.97. The van der Waals surface area contributed by atoms with Crippen molar-refractivity contribution in [3.63, 3.8) is 0 Å². The number of benzene rings is 1. The van der Waals surface area contributed by atoms with E-state index in [9.17, 15) is 9.59 Å². The molecule has 0 aromatic heterocycles. The van der Waals surface area contributed by atoms with E-state index in [-0.39, 0.29) is 12.0 Å². The summed E-state index contributed by atoms with van der Waals surface area (Å²) in [5.41, 5.74) is 6.90. The van der Waals surface area contributed by atoms with Gasteiger partial charge in [0.2, 0.25) is 5.91 Å². The maximum Gasteiger partial charge on any atom is 0.410 e. The summed E-state index contributed by atoms with van der Waals surface area (Å²) in [7, 11) is 0. The lowest BCUT2D eigenvalue weighted by atomic mass is 10.1. The number of carbonyl (C=O) groups excluding carboxylic acids is 2. The third-order valence-corrected chi connectivity index (χ3v) is 4.65. The minimum atomic E-state index is -0.462. The zero-order chi connectivity index (χ0) is 18.6. The summed E-state index contributed by atoms with van der Waals surface area (Å²) in [6, 6.07) is 9.24. The third kappa shape index (κ3) is 7.44. The Balaban J connectivity index is 1.84. The van der Waals surface area contributed by atoms with Crippen LogP contribution in [0.2, 0.25) is 0 Å². The SMILES string of the molecule is NC1CCCCN(C(=O)OCc2ccccc2)CCCCCCNC1=O. The number of nitrogens with zero attached hydrogens (tertiary/aromatic N) is 1. The van der Waals surface area contributed by atoms with Crippen molar-refractivity contribution in [2.45, 2.75) is 57.6 Å². The number of amides is 2. The molecular weight excluding hydrogens is 330 g/mol. The molecule has 1 aromatic carbocycles. The standard InChI is InChI=1S/C20H31N3O3/c21-18-12-6-9-15-23(14-8-2-1-7-13-22-19(18)24)20(25)26-16-17-10-4-3-5-11-17/h3-5,10-11,18H,1-2,6-9,12-16,21H2,(H,22,24). The molecule has 26 heavy (non-hydrogen) atoms. The van der Waals surface area contributed by atoms with Crippen LogP contribution >= 0.6 is 0 Å². The van der Waals surface area contributed by atoms with Crippen molar-refractivity contribution in [3.05, 3.63) is 35.9 Å². The number of rotatable bonds is 2. The Bertz CT molecular complexity index is 550. The van der Waals surface area contributed by atoms with Crippen LogP contribution in [0.15, 0.2) is 30.3 Å². The summed E-state index contributed by atoms with van der Waals surface area (Å²) < 4.78 is 5.47. The van der Waals surface area contributed by atoms with Gasteiger partial charge in [0.25, 0.3) is 0 Å². The first-order valence-corrected chi connectivity index (χ1v) is 9.66. The smallest absolute Gasteiger partial charge is 0.410 e. The Morgan fingerprint density at radius 2 is 1.77 bits per heavy atom. The summed E-state index contributed by atoms with van der Waals surface area (Å²) in [5, 5.41) is 2.90. The van der Waals surface area contributed by atoms with Crippen molar-refractivity contribution in [2.75, 3.05) is 19.6 Å². The van der Waals surface area contributed by atoms with E-state index in [1.165, 1.54) is 0 Å². The molecule has 6 heteroatoms. The first-order valence-electron chi connectivity index (χ1n) is 9.66. The van der Waals surface area contributed by atoms with Crippen molar-refractivity contribution in [1.29, 1.82) is 0 Å². The van der Waals surface area contributed by atoms with E-state index < -0.39 is 6.04 Å². The molecular formula is C20H31N3O3. The maximum atomic E-state index is 12.4. The number of hydrogen-bond donors (Lipinski definition) is 2. The number of nitrogens with one attached hydrogen (secondary N) is 1. The monoisotopic (exact) mass is 361 g/mol. The molecule has 1 heterocycles. The molecule has 1 atom stereocenters. The Labute approximate surface area is 156 Å². The third-order valence-electron chi connectivity index (χ3n) is 4.65. The van der Waals surface area contributed by atoms with Gasteiger partial charge in [-0.05, 0) is 37.7 Å². The number of nitrogens with two attached hydrogens (primary N) is 1. The average molecular weight is 361 g/mol. The highest BCUT2D eigenvalue weighted by atomic mass is 16.6. The Hall–Kier alpha value is -2.08. The van der Waals surface area contributed by atoms with Crippen LogP contribution in [0.1, 0.15) is 50.5 Å². The Morgan fingerprint density at radius 3 is 2.54 bits per heavy atom. The van der Waals surface area contributed by atoms with Gasteiger partial charge in [-0.2, -0.15) is 0 Å². The summed E-state index contributed by atoms with van der Waals surface area (Å²) in [5.74, 6) is -0.0683. The van der Waals surface area contributed by atoms with Gasteiger partial charge in [0, 0.05) is 19.6 Å². The van der Waals surface area contributed by atoms with Crippen molar-refractivity contribution >= 4 is 12.0 Å². The molecule has 0 saturated carbocycles. The van der Waals surface area contributed by atoms with Gasteiger partial charge in [-0.1, -0.05) is 43.2 Å². The lowest BCUT2D eigenvalue weighted by Crippen LogP contribution is -2.41. The molecule has 1 unspecified atom stereocenters. The maximum absolute atomic E-state index is 12.4. The highest BCUT2D eigenvalue weighted by molar-refractivity contribution is 5.81. The van der Waals surface area contributed by atoms with Gasteiger partial charge in [-0.25, -0.2) is 4.79 Å². The molecule has 1 fully saturated rings. The van der Waals surface area contributed by atoms with Crippen molar-refractivity contribution in [1.82, 2.24) is 10.2 Å². The average Bonchev–Trinajstić information content (AvgIpc) is 2.66. The van der Waals surface area contributed by atoms with E-state index in [1.54, 1.807) is 4.90 Å². The van der Waals surface area contributed by atoms with Crippen molar-refractivity contribution < 1.29 is 14.3 Å². The predicted molar refractivity (Wildman–Crippen MR) is 102 cm³/mol. The van der Waals surface area contributed by atoms with Crippen LogP contribution in [0.4, 0.5) is 4.79 Å². The van der Waals surface area contributed by atoms with E-state index in [1.807, 2.05) is 30.3 Å². The highest BCUT2D eigenvalue weighted by Crippen LogP contribution is 2.09. The van der Waals surface area contributed by atoms with Gasteiger partial charge in [-0.3, -0.25) is 4.79 Å². The topological polar surface area (TPSA) is 84.7 Å². The minimum absolute atomic E-state index is 0.0683. The number of carbonyl (C=O) groups is 2. The summed E-state index contributed by atoms with van der Waals surface area (Å²) in [4.78, 5) is 26.1. The predicted octanol–water partition coefficient (Wildman–Crippen LogP) is 2.81. The van der Waals surface area contributed by atoms with Crippen LogP contribution in [0, 0.1) is 0 Å². The van der Waals surface area contributed by atoms with E-state index in [0.29, 0.717) is 32.7 Å². The lowest BCUT2D eigenvalue weighted by Gasteiger charge is -2.23. The number of ether oxygens (including phenoxy) is 1. The number of hydrogen-bond acceptors (Lipinski definition) is 4. The highest BCUT2D eigenvalue weighted by Gasteiger charge is 2.17. The van der Waals surface area contributed by atoms with Crippen molar-refractivity contribution in [2.24, 2.45) is 5.73 Å². The fourth-order valence-corrected chi connectivity index (χ4v) is 3.03. The second-order valence-corrected chi connectivity index (χ2v) is 6.83. The normalized spacial score (nSPS) is 20.7. The zero-order valence-electron chi connectivity index (χ0n) is 15.5. The molecule has 2 amide bonds. The summed E-state index contributed by atoms with van der Waals surface area (Å²) in [6.45, 7) is 2.32. The molecule has 0 bridgehead atoms. The van der Waals surface area contributed by atoms with Gasteiger partial charge >= 0.3 is 6.09 Å². The van der Waals surface area contributed by atoms with E-state index in [0.717, 1.165) is 44.1 Å². The van der Waals surface area contributed by atoms with Gasteiger partial charge in [0.15, 0.2) is 0 Å². The van der Waals surface area contributed by atoms with Gasteiger partial charge in [0.05, 0.1) is 6.04 Å². The molecule has 0 spiro atoms. The molecule has 0 radical (unpaired) electrons. The van der Waals surface area contributed by atoms with Gasteiger partial charge < -0.3 is 20.7 Å².